The molecule has 21 heavy (non-hydrogen) atoms. The molecule has 2 rings (SSSR count). The number of carbonyl (C=O) groups excluding carboxylic acids is 1. The van der Waals surface area contributed by atoms with Crippen molar-refractivity contribution >= 4 is 20.5 Å². The van der Waals surface area contributed by atoms with E-state index in [1.165, 1.54) is 0 Å². The molecule has 2 amide bonds. The van der Waals surface area contributed by atoms with Crippen molar-refractivity contribution in [3.05, 3.63) is 0 Å². The van der Waals surface area contributed by atoms with Crippen LogP contribution in [0.2, 0.25) is 0 Å². The number of nitrogens with zero attached hydrogens (tertiary/aromatic N) is 2. The second-order valence-corrected chi connectivity index (χ2v) is 4.77. The quantitative estimate of drug-likeness (QED) is 0.230. The number of aliphatic hydroxyl groups excluding tert-OH is 3. The molecule has 0 aromatic rings. The van der Waals surface area contributed by atoms with E-state index in [0.717, 1.165) is 4.90 Å². The van der Waals surface area contributed by atoms with Crippen LogP contribution in [0.1, 0.15) is 0 Å². The highest BCUT2D eigenvalue weighted by Crippen LogP contribution is 2.24. The van der Waals surface area contributed by atoms with Gasteiger partial charge in [0.05, 0.1) is 13.3 Å². The van der Waals surface area contributed by atoms with Gasteiger partial charge in [0, 0.05) is 0 Å². The van der Waals surface area contributed by atoms with Gasteiger partial charge in [-0.2, -0.15) is 4.99 Å². The maximum atomic E-state index is 11.5. The number of carbonyl (C=O) groups is 1. The smallest absolute Gasteiger partial charge is 0.350 e. The highest BCUT2D eigenvalue weighted by atomic mass is 31.2. The van der Waals surface area contributed by atoms with Crippen molar-refractivity contribution in [2.75, 3.05) is 13.3 Å². The number of amides is 2. The minimum atomic E-state index is -2.12. The molecule has 122 valence electrons. The molecular weight excluding hydrogens is 309 g/mol. The summed E-state index contributed by atoms with van der Waals surface area (Å²) in [6.07, 6.45) is -4.53. The molecule has 0 aromatic carbocycles. The minimum Gasteiger partial charge on any atom is -0.394 e. The molecule has 0 unspecified atom stereocenters. The maximum absolute atomic E-state index is 11.5. The van der Waals surface area contributed by atoms with Gasteiger partial charge in [-0.15, -0.1) is 0 Å². The number of hydrogen-bond donors (Lipinski definition) is 8. The van der Waals surface area contributed by atoms with Gasteiger partial charge < -0.3 is 40.9 Å². The van der Waals surface area contributed by atoms with Gasteiger partial charge in [-0.25, -0.2) is 4.79 Å². The summed E-state index contributed by atoms with van der Waals surface area (Å²) in [5.41, 5.74) is 9.59. The zero-order valence-corrected chi connectivity index (χ0v) is 11.7. The number of nitrogens with two attached hydrogens (primary N) is 2. The molecule has 2 heterocycles. The van der Waals surface area contributed by atoms with E-state index in [9.17, 15) is 15.0 Å². The van der Waals surface area contributed by atoms with Gasteiger partial charge >= 0.3 is 6.03 Å². The summed E-state index contributed by atoms with van der Waals surface area (Å²) in [7, 11) is -2.12. The van der Waals surface area contributed by atoms with Crippen LogP contribution in [0.15, 0.2) is 4.99 Å². The van der Waals surface area contributed by atoms with E-state index in [1.807, 2.05) is 0 Å². The van der Waals surface area contributed by atoms with Gasteiger partial charge in [-0.3, -0.25) is 10.4 Å². The number of nitrogens with one attached hydrogen (secondary N) is 1. The lowest BCUT2D eigenvalue weighted by Crippen LogP contribution is -2.55. The van der Waals surface area contributed by atoms with E-state index in [4.69, 9.17) is 25.4 Å². The van der Waals surface area contributed by atoms with Crippen molar-refractivity contribution in [3.63, 3.8) is 0 Å². The van der Waals surface area contributed by atoms with Gasteiger partial charge in [-0.1, -0.05) is 0 Å². The highest BCUT2D eigenvalue weighted by molar-refractivity contribution is 7.42. The Morgan fingerprint density at radius 3 is 2.43 bits per heavy atom. The van der Waals surface area contributed by atoms with Gasteiger partial charge in [-0.05, 0) is 0 Å². The number of aliphatic hydroxyl groups is 3. The van der Waals surface area contributed by atoms with Crippen LogP contribution in [0.25, 0.3) is 0 Å². The zero-order chi connectivity index (χ0) is 16.2. The highest BCUT2D eigenvalue weighted by Gasteiger charge is 2.47. The van der Waals surface area contributed by atoms with Crippen LogP contribution in [0, 0.1) is 0 Å². The van der Waals surface area contributed by atoms with E-state index >= 15 is 0 Å². The third-order valence-electron chi connectivity index (χ3n) is 2.72. The van der Waals surface area contributed by atoms with E-state index in [2.05, 4.69) is 15.8 Å². The maximum Gasteiger partial charge on any atom is 0.350 e. The molecule has 0 spiro atoms. The van der Waals surface area contributed by atoms with Gasteiger partial charge in [0.1, 0.15) is 18.3 Å². The van der Waals surface area contributed by atoms with Gasteiger partial charge in [0.15, 0.2) is 12.2 Å². The monoisotopic (exact) mass is 327 g/mol. The van der Waals surface area contributed by atoms with Crippen molar-refractivity contribution in [2.45, 2.75) is 24.5 Å². The summed E-state index contributed by atoms with van der Waals surface area (Å²) in [4.78, 5) is 31.0. The van der Waals surface area contributed by atoms with Gasteiger partial charge in [0.2, 0.25) is 8.53 Å². The summed E-state index contributed by atoms with van der Waals surface area (Å²) < 4.78 is 5.19. The van der Waals surface area contributed by atoms with Crippen LogP contribution < -0.4 is 16.6 Å². The number of guanidine groups is 1. The van der Waals surface area contributed by atoms with Crippen molar-refractivity contribution in [3.8, 4) is 0 Å². The first-order valence-corrected chi connectivity index (χ1v) is 7.03. The summed E-state index contributed by atoms with van der Waals surface area (Å²) in [6, 6.07) is -0.670. The molecular formula is C8H18N5O7P. The van der Waals surface area contributed by atoms with Crippen molar-refractivity contribution < 1.29 is 34.6 Å². The second-order valence-electron chi connectivity index (χ2n) is 4.13. The molecule has 13 heteroatoms. The molecule has 4 atom stereocenters. The summed E-state index contributed by atoms with van der Waals surface area (Å²) in [5.74, 6) is -0.0157. The van der Waals surface area contributed by atoms with E-state index < -0.39 is 45.7 Å². The Balaban J connectivity index is 0.000000491. The van der Waals surface area contributed by atoms with Crippen molar-refractivity contribution in [1.29, 1.82) is 0 Å². The third kappa shape index (κ3) is 4.69. The third-order valence-corrected chi connectivity index (χ3v) is 2.72. The summed E-state index contributed by atoms with van der Waals surface area (Å²) in [6.45, 7) is -0.434. The SMILES string of the molecule is NC1=NC(=O)N([C@@H]2O[C@H](CO)[C@@H](O)[C@H]2O)CN1.NP(O)O. The lowest BCUT2D eigenvalue weighted by molar-refractivity contribution is -0.0796. The van der Waals surface area contributed by atoms with Crippen molar-refractivity contribution in [2.24, 2.45) is 16.2 Å². The largest absolute Gasteiger partial charge is 0.394 e. The molecule has 0 saturated carbocycles. The predicted octanol–water partition coefficient (Wildman–Crippen LogP) is -4.12. The van der Waals surface area contributed by atoms with Crippen LogP contribution in [0.5, 0.6) is 0 Å². The first kappa shape index (κ1) is 17.9. The average Bonchev–Trinajstić information content (AvgIpc) is 2.66. The second kappa shape index (κ2) is 7.77. The topological polar surface area (TPSA) is 207 Å². The lowest BCUT2D eigenvalue weighted by atomic mass is 10.1. The molecule has 0 bridgehead atoms. The lowest BCUT2D eigenvalue weighted by Gasteiger charge is -2.31. The Morgan fingerprint density at radius 1 is 1.43 bits per heavy atom. The molecule has 1 fully saturated rings. The molecule has 0 radical (unpaired) electrons. The Kier molecular flexibility index (Phi) is 6.64. The zero-order valence-electron chi connectivity index (χ0n) is 10.8. The molecule has 0 aromatic heterocycles. The summed E-state index contributed by atoms with van der Waals surface area (Å²) in [5, 5.41) is 30.8. The minimum absolute atomic E-state index is 0.0146. The molecule has 12 nitrogen and oxygen atoms in total. The molecule has 0 aliphatic carbocycles. The number of ether oxygens (including phenoxy) is 1. The number of urea groups is 1. The Bertz CT molecular complexity index is 394. The summed E-state index contributed by atoms with van der Waals surface area (Å²) >= 11 is 0. The van der Waals surface area contributed by atoms with Crippen LogP contribution in [-0.4, -0.2) is 79.8 Å². The fraction of sp³-hybridized carbons (Fsp3) is 0.750. The molecule has 10 N–H and O–H groups in total. The first-order chi connectivity index (χ1) is 9.77. The number of hydrogen-bond acceptors (Lipinski definition) is 10. The first-order valence-electron chi connectivity index (χ1n) is 5.71. The fourth-order valence-corrected chi connectivity index (χ4v) is 1.78. The normalized spacial score (nSPS) is 32.4. The van der Waals surface area contributed by atoms with Crippen molar-refractivity contribution in [1.82, 2.24) is 10.2 Å². The van der Waals surface area contributed by atoms with Crippen LogP contribution >= 0.6 is 8.53 Å². The van der Waals surface area contributed by atoms with Gasteiger partial charge in [0.25, 0.3) is 0 Å². The Morgan fingerprint density at radius 2 is 2.00 bits per heavy atom. The average molecular weight is 327 g/mol. The van der Waals surface area contributed by atoms with Crippen LogP contribution in [0.4, 0.5) is 4.79 Å². The molecule has 1 saturated heterocycles. The Labute approximate surface area is 120 Å². The molecule has 2 aliphatic rings. The fourth-order valence-electron chi connectivity index (χ4n) is 1.78. The number of aliphatic imine (C=N–C) groups is 1. The van der Waals surface area contributed by atoms with E-state index in [-0.39, 0.29) is 12.6 Å². The Hall–Kier alpha value is -1.11. The number of rotatable bonds is 2. The van der Waals surface area contributed by atoms with E-state index in [0.29, 0.717) is 0 Å². The van der Waals surface area contributed by atoms with E-state index in [1.54, 1.807) is 0 Å². The molecule has 2 aliphatic heterocycles. The standard InChI is InChI=1S/C8H14N4O5.H4NO2P/c9-7-10-2-12(8(16)11-7)6-5(15)4(14)3(1-13)17-6;1-4(2)3/h3-6,13-15H,1-2H2,(H3,9,10,11,16);2-3H,1H2/t3-,4-,5-,6-;/m1./s1. The van der Waals surface area contributed by atoms with Crippen LogP contribution in [0.3, 0.4) is 0 Å². The van der Waals surface area contributed by atoms with Crippen LogP contribution in [-0.2, 0) is 4.74 Å². The predicted molar refractivity (Wildman–Crippen MR) is 70.2 cm³/mol.